The zero-order valence-corrected chi connectivity index (χ0v) is 12.6. The van der Waals surface area contributed by atoms with Crippen molar-refractivity contribution in [3.05, 3.63) is 30.5 Å². The molecular formula is C12H12ClNO3S2. The van der Waals surface area contributed by atoms with Crippen LogP contribution in [0.4, 0.5) is 0 Å². The molecule has 1 aromatic carbocycles. The first kappa shape index (κ1) is 14.4. The number of halogens is 1. The van der Waals surface area contributed by atoms with Crippen molar-refractivity contribution in [2.24, 2.45) is 0 Å². The molecule has 0 aliphatic carbocycles. The highest BCUT2D eigenvalue weighted by atomic mass is 35.7. The van der Waals surface area contributed by atoms with Gasteiger partial charge in [-0.15, -0.1) is 11.8 Å². The van der Waals surface area contributed by atoms with E-state index in [0.717, 1.165) is 21.5 Å². The largest absolute Gasteiger partial charge is 0.497 e. The van der Waals surface area contributed by atoms with Gasteiger partial charge >= 0.3 is 0 Å². The Labute approximate surface area is 120 Å². The summed E-state index contributed by atoms with van der Waals surface area (Å²) in [7, 11) is 3.32. The lowest BCUT2D eigenvalue weighted by Gasteiger charge is -2.06. The van der Waals surface area contributed by atoms with Gasteiger partial charge in [-0.2, -0.15) is 0 Å². The summed E-state index contributed by atoms with van der Waals surface area (Å²) < 4.78 is 27.0. The van der Waals surface area contributed by atoms with Gasteiger partial charge in [0, 0.05) is 28.0 Å². The Morgan fingerprint density at radius 3 is 2.84 bits per heavy atom. The van der Waals surface area contributed by atoms with Crippen LogP contribution in [0.1, 0.15) is 0 Å². The van der Waals surface area contributed by atoms with Crippen molar-refractivity contribution in [2.75, 3.05) is 18.6 Å². The van der Waals surface area contributed by atoms with Crippen molar-refractivity contribution < 1.29 is 13.2 Å². The fourth-order valence-corrected chi connectivity index (χ4v) is 3.96. The normalized spacial score (nSPS) is 11.7. The Balaban J connectivity index is 2.27. The van der Waals surface area contributed by atoms with Gasteiger partial charge in [0.25, 0.3) is 0 Å². The Kier molecular flexibility index (Phi) is 4.54. The molecule has 0 bridgehead atoms. The molecule has 0 amide bonds. The molecule has 1 aromatic heterocycles. The van der Waals surface area contributed by atoms with Crippen molar-refractivity contribution in [2.45, 2.75) is 5.03 Å². The fraction of sp³-hybridized carbons (Fsp3) is 0.250. The number of methoxy groups -OCH3 is 1. The van der Waals surface area contributed by atoms with E-state index in [4.69, 9.17) is 15.4 Å². The molecule has 4 nitrogen and oxygen atoms in total. The number of benzene rings is 1. The molecule has 0 saturated heterocycles. The molecular weight excluding hydrogens is 306 g/mol. The fourth-order valence-electron chi connectivity index (χ4n) is 1.60. The predicted molar refractivity (Wildman–Crippen MR) is 78.7 cm³/mol. The van der Waals surface area contributed by atoms with Crippen LogP contribution >= 0.6 is 22.4 Å². The molecule has 0 spiro atoms. The number of nitrogens with zero attached hydrogens (tertiary/aromatic N) is 1. The second kappa shape index (κ2) is 5.98. The Bertz CT molecular complexity index is 688. The molecule has 1 heterocycles. The molecule has 2 rings (SSSR count). The maximum Gasteiger partial charge on any atom is 0.233 e. The minimum absolute atomic E-state index is 0.0821. The van der Waals surface area contributed by atoms with Crippen LogP contribution in [0.25, 0.3) is 10.8 Å². The number of aromatic nitrogens is 1. The predicted octanol–water partition coefficient (Wildman–Crippen LogP) is 2.90. The third kappa shape index (κ3) is 3.99. The van der Waals surface area contributed by atoms with Crippen molar-refractivity contribution in [3.8, 4) is 5.75 Å². The third-order valence-electron chi connectivity index (χ3n) is 2.50. The van der Waals surface area contributed by atoms with Gasteiger partial charge in [-0.05, 0) is 23.6 Å². The number of pyridine rings is 1. The molecule has 19 heavy (non-hydrogen) atoms. The highest BCUT2D eigenvalue weighted by Gasteiger charge is 2.08. The van der Waals surface area contributed by atoms with Crippen molar-refractivity contribution in [3.63, 3.8) is 0 Å². The lowest BCUT2D eigenvalue weighted by Crippen LogP contribution is -2.00. The quantitative estimate of drug-likeness (QED) is 0.627. The van der Waals surface area contributed by atoms with E-state index in [1.54, 1.807) is 13.3 Å². The van der Waals surface area contributed by atoms with Gasteiger partial charge in [0.2, 0.25) is 9.05 Å². The van der Waals surface area contributed by atoms with Crippen LogP contribution in [-0.2, 0) is 9.05 Å². The minimum atomic E-state index is -3.46. The lowest BCUT2D eigenvalue weighted by atomic mass is 10.2. The maximum absolute atomic E-state index is 10.9. The van der Waals surface area contributed by atoms with E-state index in [0.29, 0.717) is 5.75 Å². The Morgan fingerprint density at radius 1 is 1.37 bits per heavy atom. The van der Waals surface area contributed by atoms with Gasteiger partial charge in [0.05, 0.1) is 12.9 Å². The summed E-state index contributed by atoms with van der Waals surface area (Å²) in [6, 6.07) is 7.61. The zero-order chi connectivity index (χ0) is 13.9. The van der Waals surface area contributed by atoms with E-state index in [1.165, 1.54) is 11.8 Å². The van der Waals surface area contributed by atoms with E-state index in [1.807, 2.05) is 24.3 Å². The van der Waals surface area contributed by atoms with Crippen molar-refractivity contribution >= 4 is 42.3 Å². The summed E-state index contributed by atoms with van der Waals surface area (Å²) in [5, 5.41) is 2.75. The van der Waals surface area contributed by atoms with Crippen LogP contribution < -0.4 is 4.74 Å². The topological polar surface area (TPSA) is 56.3 Å². The Morgan fingerprint density at radius 2 is 2.16 bits per heavy atom. The first-order chi connectivity index (χ1) is 8.99. The van der Waals surface area contributed by atoms with Crippen LogP contribution in [0.15, 0.2) is 35.5 Å². The van der Waals surface area contributed by atoms with Gasteiger partial charge in [-0.3, -0.25) is 0 Å². The van der Waals surface area contributed by atoms with Gasteiger partial charge in [0.15, 0.2) is 0 Å². The van der Waals surface area contributed by atoms with E-state index in [2.05, 4.69) is 4.98 Å². The van der Waals surface area contributed by atoms with Crippen LogP contribution in [0, 0.1) is 0 Å². The van der Waals surface area contributed by atoms with Crippen LogP contribution in [-0.4, -0.2) is 32.0 Å². The number of thioether (sulfide) groups is 1. The standard InChI is InChI=1S/C12H12ClNO3S2/c1-17-10-3-2-9-4-5-14-12(11(9)8-10)18-6-7-19(13,15)16/h2-5,8H,6-7H2,1H3. The minimum Gasteiger partial charge on any atom is -0.497 e. The van der Waals surface area contributed by atoms with E-state index in [-0.39, 0.29) is 5.75 Å². The number of hydrogen-bond acceptors (Lipinski definition) is 5. The number of rotatable bonds is 5. The molecule has 0 fully saturated rings. The van der Waals surface area contributed by atoms with Crippen molar-refractivity contribution in [1.29, 1.82) is 0 Å². The van der Waals surface area contributed by atoms with Crippen LogP contribution in [0.3, 0.4) is 0 Å². The SMILES string of the molecule is COc1ccc2ccnc(SCCS(=O)(=O)Cl)c2c1. The second-order valence-electron chi connectivity index (χ2n) is 3.79. The molecule has 0 radical (unpaired) electrons. The molecule has 0 aliphatic heterocycles. The van der Waals surface area contributed by atoms with Crippen LogP contribution in [0.2, 0.25) is 0 Å². The lowest BCUT2D eigenvalue weighted by molar-refractivity contribution is 0.415. The smallest absolute Gasteiger partial charge is 0.233 e. The van der Waals surface area contributed by atoms with Gasteiger partial charge < -0.3 is 4.74 Å². The maximum atomic E-state index is 10.9. The van der Waals surface area contributed by atoms with Crippen LogP contribution in [0.5, 0.6) is 5.75 Å². The monoisotopic (exact) mass is 317 g/mol. The summed E-state index contributed by atoms with van der Waals surface area (Å²) in [6.45, 7) is 0. The first-order valence-electron chi connectivity index (χ1n) is 5.47. The molecule has 0 aliphatic rings. The summed E-state index contributed by atoms with van der Waals surface area (Å²) >= 11 is 1.37. The highest BCUT2D eigenvalue weighted by Crippen LogP contribution is 2.29. The second-order valence-corrected chi connectivity index (χ2v) is 7.77. The molecule has 0 unspecified atom stereocenters. The molecule has 7 heteroatoms. The number of fused-ring (bicyclic) bond motifs is 1. The third-order valence-corrected chi connectivity index (χ3v) is 4.92. The average Bonchev–Trinajstić information content (AvgIpc) is 2.37. The first-order valence-corrected chi connectivity index (χ1v) is 8.94. The molecule has 0 N–H and O–H groups in total. The highest BCUT2D eigenvalue weighted by molar-refractivity contribution is 8.14. The van der Waals surface area contributed by atoms with Crippen molar-refractivity contribution in [1.82, 2.24) is 4.98 Å². The van der Waals surface area contributed by atoms with Gasteiger partial charge in [0.1, 0.15) is 10.8 Å². The molecule has 102 valence electrons. The summed E-state index contributed by atoms with van der Waals surface area (Å²) in [4.78, 5) is 4.27. The van der Waals surface area contributed by atoms with E-state index >= 15 is 0 Å². The molecule has 0 atom stereocenters. The average molecular weight is 318 g/mol. The zero-order valence-electron chi connectivity index (χ0n) is 10.2. The number of hydrogen-bond donors (Lipinski definition) is 0. The molecule has 0 saturated carbocycles. The summed E-state index contributed by atoms with van der Waals surface area (Å²) in [6.07, 6.45) is 1.70. The number of ether oxygens (including phenoxy) is 1. The summed E-state index contributed by atoms with van der Waals surface area (Å²) in [5.41, 5.74) is 0. The van der Waals surface area contributed by atoms with Gasteiger partial charge in [-0.25, -0.2) is 13.4 Å². The molecule has 2 aromatic rings. The Hall–Kier alpha value is -0.980. The van der Waals surface area contributed by atoms with E-state index < -0.39 is 9.05 Å². The summed E-state index contributed by atoms with van der Waals surface area (Å²) in [5.74, 6) is 1.03. The van der Waals surface area contributed by atoms with Gasteiger partial charge in [-0.1, -0.05) is 6.07 Å². The van der Waals surface area contributed by atoms with E-state index in [9.17, 15) is 8.42 Å².